The van der Waals surface area contributed by atoms with Gasteiger partial charge in [0.2, 0.25) is 0 Å². The number of nitrogens with one attached hydrogen (secondary N) is 2. The Morgan fingerprint density at radius 1 is 1.12 bits per heavy atom. The predicted molar refractivity (Wildman–Crippen MR) is 90.9 cm³/mol. The number of sulfonamides is 1. The third kappa shape index (κ3) is 4.79. The molecular formula is C17H19FN2O3S. The van der Waals surface area contributed by atoms with E-state index in [1.807, 2.05) is 6.92 Å². The Hall–Kier alpha value is -2.41. The Bertz CT molecular complexity index is 805. The van der Waals surface area contributed by atoms with Crippen LogP contribution in [0.3, 0.4) is 0 Å². The van der Waals surface area contributed by atoms with Gasteiger partial charge in [0.1, 0.15) is 5.82 Å². The lowest BCUT2D eigenvalue weighted by atomic mass is 10.2. The minimum atomic E-state index is -3.84. The average molecular weight is 350 g/mol. The molecule has 24 heavy (non-hydrogen) atoms. The highest BCUT2D eigenvalue weighted by molar-refractivity contribution is 7.92. The fourth-order valence-corrected chi connectivity index (χ4v) is 3.08. The molecule has 0 aliphatic carbocycles. The molecule has 128 valence electrons. The molecule has 5 nitrogen and oxygen atoms in total. The van der Waals surface area contributed by atoms with Crippen LogP contribution < -0.4 is 10.0 Å². The first-order chi connectivity index (χ1) is 11.4. The number of rotatable bonds is 7. The standard InChI is InChI=1S/C17H19FN2O3S/c1-2-3-11-19-17(21)13-7-9-16(10-8-13)24(22,23)20-15-6-4-5-14(18)12-15/h4-10,12,20H,2-3,11H2,1H3,(H,19,21). The first-order valence-electron chi connectivity index (χ1n) is 7.59. The number of unbranched alkanes of at least 4 members (excludes halogenated alkanes) is 1. The van der Waals surface area contributed by atoms with E-state index in [0.29, 0.717) is 12.1 Å². The lowest BCUT2D eigenvalue weighted by Gasteiger charge is -2.09. The molecule has 2 rings (SSSR count). The number of benzene rings is 2. The van der Waals surface area contributed by atoms with Crippen molar-refractivity contribution >= 4 is 21.6 Å². The zero-order valence-corrected chi connectivity index (χ0v) is 14.1. The lowest BCUT2D eigenvalue weighted by Crippen LogP contribution is -2.24. The van der Waals surface area contributed by atoms with Crippen molar-refractivity contribution in [3.05, 3.63) is 59.9 Å². The van der Waals surface area contributed by atoms with Gasteiger partial charge in [-0.05, 0) is 48.9 Å². The molecule has 0 saturated carbocycles. The normalized spacial score (nSPS) is 11.1. The van der Waals surface area contributed by atoms with E-state index in [1.54, 1.807) is 0 Å². The van der Waals surface area contributed by atoms with Crippen LogP contribution in [0.4, 0.5) is 10.1 Å². The Balaban J connectivity index is 2.10. The van der Waals surface area contributed by atoms with Crippen molar-refractivity contribution in [1.29, 1.82) is 0 Å². The predicted octanol–water partition coefficient (Wildman–Crippen LogP) is 3.16. The van der Waals surface area contributed by atoms with E-state index in [2.05, 4.69) is 10.0 Å². The van der Waals surface area contributed by atoms with Crippen LogP contribution in [0.5, 0.6) is 0 Å². The number of carbonyl (C=O) groups is 1. The van der Waals surface area contributed by atoms with E-state index in [9.17, 15) is 17.6 Å². The van der Waals surface area contributed by atoms with E-state index < -0.39 is 15.8 Å². The highest BCUT2D eigenvalue weighted by Crippen LogP contribution is 2.17. The van der Waals surface area contributed by atoms with Gasteiger partial charge in [-0.1, -0.05) is 19.4 Å². The number of anilines is 1. The Morgan fingerprint density at radius 2 is 1.83 bits per heavy atom. The highest BCUT2D eigenvalue weighted by Gasteiger charge is 2.15. The summed E-state index contributed by atoms with van der Waals surface area (Å²) in [7, 11) is -3.84. The number of hydrogen-bond acceptors (Lipinski definition) is 3. The number of carbonyl (C=O) groups excluding carboxylic acids is 1. The molecular weight excluding hydrogens is 331 g/mol. The maximum Gasteiger partial charge on any atom is 0.261 e. The van der Waals surface area contributed by atoms with Crippen molar-refractivity contribution < 1.29 is 17.6 Å². The molecule has 2 aromatic carbocycles. The molecule has 0 radical (unpaired) electrons. The molecule has 0 atom stereocenters. The number of halogens is 1. The maximum absolute atomic E-state index is 13.1. The summed E-state index contributed by atoms with van der Waals surface area (Å²) in [6.45, 7) is 2.61. The fraction of sp³-hybridized carbons (Fsp3) is 0.235. The lowest BCUT2D eigenvalue weighted by molar-refractivity contribution is 0.0953. The van der Waals surface area contributed by atoms with Crippen molar-refractivity contribution in [2.75, 3.05) is 11.3 Å². The van der Waals surface area contributed by atoms with E-state index in [-0.39, 0.29) is 16.5 Å². The van der Waals surface area contributed by atoms with Crippen LogP contribution in [0, 0.1) is 5.82 Å². The number of hydrogen-bond donors (Lipinski definition) is 2. The van der Waals surface area contributed by atoms with Crippen molar-refractivity contribution in [3.8, 4) is 0 Å². The van der Waals surface area contributed by atoms with Gasteiger partial charge in [0.15, 0.2) is 0 Å². The molecule has 0 heterocycles. The molecule has 0 aromatic heterocycles. The van der Waals surface area contributed by atoms with E-state index in [4.69, 9.17) is 0 Å². The Morgan fingerprint density at radius 3 is 2.46 bits per heavy atom. The molecule has 0 saturated heterocycles. The molecule has 0 unspecified atom stereocenters. The van der Waals surface area contributed by atoms with Gasteiger partial charge < -0.3 is 5.32 Å². The maximum atomic E-state index is 13.1. The molecule has 0 bridgehead atoms. The Labute approximate surface area is 141 Å². The van der Waals surface area contributed by atoms with Gasteiger partial charge in [0.05, 0.1) is 10.6 Å². The van der Waals surface area contributed by atoms with E-state index in [0.717, 1.165) is 18.9 Å². The van der Waals surface area contributed by atoms with Gasteiger partial charge in [-0.25, -0.2) is 12.8 Å². The molecule has 1 amide bonds. The molecule has 0 spiro atoms. The third-order valence-corrected chi connectivity index (χ3v) is 4.72. The van der Waals surface area contributed by atoms with Crippen LogP contribution in [-0.2, 0) is 10.0 Å². The van der Waals surface area contributed by atoms with Crippen molar-refractivity contribution in [2.45, 2.75) is 24.7 Å². The van der Waals surface area contributed by atoms with Gasteiger partial charge in [-0.2, -0.15) is 0 Å². The van der Waals surface area contributed by atoms with Gasteiger partial charge in [0, 0.05) is 12.1 Å². The number of amides is 1. The van der Waals surface area contributed by atoms with Crippen molar-refractivity contribution in [2.24, 2.45) is 0 Å². The summed E-state index contributed by atoms with van der Waals surface area (Å²) >= 11 is 0. The second-order valence-corrected chi connectivity index (χ2v) is 6.93. The molecule has 0 aliphatic rings. The molecule has 7 heteroatoms. The minimum absolute atomic E-state index is 0.00290. The van der Waals surface area contributed by atoms with Crippen LogP contribution in [0.2, 0.25) is 0 Å². The van der Waals surface area contributed by atoms with Crippen LogP contribution in [0.15, 0.2) is 53.4 Å². The van der Waals surface area contributed by atoms with Gasteiger partial charge in [-0.15, -0.1) is 0 Å². The van der Waals surface area contributed by atoms with Crippen LogP contribution >= 0.6 is 0 Å². The molecule has 2 N–H and O–H groups in total. The zero-order valence-electron chi connectivity index (χ0n) is 13.3. The fourth-order valence-electron chi connectivity index (χ4n) is 2.03. The Kier molecular flexibility index (Phi) is 5.92. The molecule has 0 fully saturated rings. The smallest absolute Gasteiger partial charge is 0.261 e. The van der Waals surface area contributed by atoms with E-state index >= 15 is 0 Å². The summed E-state index contributed by atoms with van der Waals surface area (Å²) in [4.78, 5) is 11.9. The summed E-state index contributed by atoms with van der Waals surface area (Å²) in [5.41, 5.74) is 0.521. The largest absolute Gasteiger partial charge is 0.352 e. The quantitative estimate of drug-likeness (QED) is 0.753. The van der Waals surface area contributed by atoms with Crippen LogP contribution in [0.25, 0.3) is 0 Å². The van der Waals surface area contributed by atoms with E-state index in [1.165, 1.54) is 42.5 Å². The summed E-state index contributed by atoms with van der Waals surface area (Å²) in [6, 6.07) is 10.8. The summed E-state index contributed by atoms with van der Waals surface area (Å²) in [5, 5.41) is 2.76. The summed E-state index contributed by atoms with van der Waals surface area (Å²) in [5.74, 6) is -0.778. The van der Waals surface area contributed by atoms with Crippen LogP contribution in [-0.4, -0.2) is 20.9 Å². The van der Waals surface area contributed by atoms with Crippen molar-refractivity contribution in [1.82, 2.24) is 5.32 Å². The SMILES string of the molecule is CCCCNC(=O)c1ccc(S(=O)(=O)Nc2cccc(F)c2)cc1. The van der Waals surface area contributed by atoms with Gasteiger partial charge in [0.25, 0.3) is 15.9 Å². The monoisotopic (exact) mass is 350 g/mol. The highest BCUT2D eigenvalue weighted by atomic mass is 32.2. The summed E-state index contributed by atoms with van der Waals surface area (Å²) < 4.78 is 40.0. The van der Waals surface area contributed by atoms with Crippen molar-refractivity contribution in [3.63, 3.8) is 0 Å². The topological polar surface area (TPSA) is 75.3 Å². The average Bonchev–Trinajstić information content (AvgIpc) is 2.55. The zero-order chi connectivity index (χ0) is 17.6. The first-order valence-corrected chi connectivity index (χ1v) is 9.07. The minimum Gasteiger partial charge on any atom is -0.352 e. The molecule has 2 aromatic rings. The second-order valence-electron chi connectivity index (χ2n) is 5.25. The molecule has 0 aliphatic heterocycles. The second kappa shape index (κ2) is 7.92. The van der Waals surface area contributed by atoms with Crippen LogP contribution in [0.1, 0.15) is 30.1 Å². The van der Waals surface area contributed by atoms with Gasteiger partial charge >= 0.3 is 0 Å². The van der Waals surface area contributed by atoms with Gasteiger partial charge in [-0.3, -0.25) is 9.52 Å². The summed E-state index contributed by atoms with van der Waals surface area (Å²) in [6.07, 6.45) is 1.86. The first kappa shape index (κ1) is 17.9. The third-order valence-electron chi connectivity index (χ3n) is 3.32.